The van der Waals surface area contributed by atoms with Gasteiger partial charge in [0.15, 0.2) is 0 Å². The zero-order chi connectivity index (χ0) is 18.7. The fourth-order valence-corrected chi connectivity index (χ4v) is 3.88. The molecule has 3 rings (SSSR count). The SMILES string of the molecule is CC(C)(C)N1CC(C(=O)NCc2cccc(N3CCCCC3)c2)CC1=O. The molecule has 1 aromatic carbocycles. The number of benzene rings is 1. The van der Waals surface area contributed by atoms with E-state index in [9.17, 15) is 9.59 Å². The Morgan fingerprint density at radius 1 is 1.19 bits per heavy atom. The van der Waals surface area contributed by atoms with Crippen LogP contribution >= 0.6 is 0 Å². The van der Waals surface area contributed by atoms with Gasteiger partial charge in [0.1, 0.15) is 0 Å². The van der Waals surface area contributed by atoms with Crippen LogP contribution in [0.25, 0.3) is 0 Å². The third-order valence-electron chi connectivity index (χ3n) is 5.40. The predicted octanol–water partition coefficient (Wildman–Crippen LogP) is 2.94. The summed E-state index contributed by atoms with van der Waals surface area (Å²) in [4.78, 5) is 28.9. The molecule has 2 amide bonds. The lowest BCUT2D eigenvalue weighted by Crippen LogP contribution is -2.43. The van der Waals surface area contributed by atoms with E-state index in [1.807, 2.05) is 25.7 Å². The highest BCUT2D eigenvalue weighted by Gasteiger charge is 2.39. The van der Waals surface area contributed by atoms with Crippen molar-refractivity contribution in [3.63, 3.8) is 0 Å². The first-order chi connectivity index (χ1) is 12.3. The van der Waals surface area contributed by atoms with Crippen LogP contribution in [0.4, 0.5) is 5.69 Å². The molecule has 0 aromatic heterocycles. The maximum absolute atomic E-state index is 12.5. The molecule has 142 valence electrons. The van der Waals surface area contributed by atoms with Gasteiger partial charge in [-0.3, -0.25) is 9.59 Å². The molecule has 2 aliphatic rings. The van der Waals surface area contributed by atoms with E-state index in [4.69, 9.17) is 0 Å². The van der Waals surface area contributed by atoms with E-state index in [1.54, 1.807) is 0 Å². The quantitative estimate of drug-likeness (QED) is 0.901. The number of piperidine rings is 1. The second-order valence-corrected chi connectivity index (χ2v) is 8.51. The summed E-state index contributed by atoms with van der Waals surface area (Å²) in [7, 11) is 0. The van der Waals surface area contributed by atoms with Crippen molar-refractivity contribution in [3.8, 4) is 0 Å². The third kappa shape index (κ3) is 4.37. The molecule has 26 heavy (non-hydrogen) atoms. The Morgan fingerprint density at radius 2 is 1.92 bits per heavy atom. The number of amides is 2. The maximum Gasteiger partial charge on any atom is 0.225 e. The monoisotopic (exact) mass is 357 g/mol. The summed E-state index contributed by atoms with van der Waals surface area (Å²) in [5.74, 6) is -0.190. The van der Waals surface area contributed by atoms with Crippen molar-refractivity contribution >= 4 is 17.5 Å². The van der Waals surface area contributed by atoms with Gasteiger partial charge < -0.3 is 15.1 Å². The number of carbonyl (C=O) groups excluding carboxylic acids is 2. The molecule has 1 unspecified atom stereocenters. The van der Waals surface area contributed by atoms with Gasteiger partial charge in [-0.15, -0.1) is 0 Å². The van der Waals surface area contributed by atoms with E-state index in [0.717, 1.165) is 18.7 Å². The minimum atomic E-state index is -0.244. The van der Waals surface area contributed by atoms with Crippen LogP contribution in [0.1, 0.15) is 52.0 Å². The Morgan fingerprint density at radius 3 is 2.58 bits per heavy atom. The Bertz CT molecular complexity index is 659. The van der Waals surface area contributed by atoms with Gasteiger partial charge in [0.2, 0.25) is 11.8 Å². The first-order valence-electron chi connectivity index (χ1n) is 9.76. The maximum atomic E-state index is 12.5. The average molecular weight is 357 g/mol. The lowest BCUT2D eigenvalue weighted by Gasteiger charge is -2.32. The van der Waals surface area contributed by atoms with Gasteiger partial charge in [-0.25, -0.2) is 0 Å². The normalized spacial score (nSPS) is 21.2. The number of rotatable bonds is 4. The molecule has 0 radical (unpaired) electrons. The van der Waals surface area contributed by atoms with Crippen LogP contribution in [0.3, 0.4) is 0 Å². The first kappa shape index (κ1) is 18.7. The van der Waals surface area contributed by atoms with Gasteiger partial charge in [-0.05, 0) is 57.7 Å². The van der Waals surface area contributed by atoms with Crippen molar-refractivity contribution < 1.29 is 9.59 Å². The van der Waals surface area contributed by atoms with Crippen LogP contribution in [0, 0.1) is 5.92 Å². The van der Waals surface area contributed by atoms with E-state index in [1.165, 1.54) is 24.9 Å². The number of anilines is 1. The topological polar surface area (TPSA) is 52.7 Å². The lowest BCUT2D eigenvalue weighted by molar-refractivity contribution is -0.132. The van der Waals surface area contributed by atoms with E-state index in [-0.39, 0.29) is 23.3 Å². The van der Waals surface area contributed by atoms with Crippen molar-refractivity contribution in [2.24, 2.45) is 5.92 Å². The van der Waals surface area contributed by atoms with Crippen molar-refractivity contribution in [2.75, 3.05) is 24.5 Å². The summed E-state index contributed by atoms with van der Waals surface area (Å²) >= 11 is 0. The van der Waals surface area contributed by atoms with Gasteiger partial charge in [0.05, 0.1) is 5.92 Å². The summed E-state index contributed by atoms with van der Waals surface area (Å²) in [6, 6.07) is 8.43. The van der Waals surface area contributed by atoms with Crippen LogP contribution in [-0.4, -0.2) is 41.9 Å². The Labute approximate surface area is 156 Å². The van der Waals surface area contributed by atoms with Crippen molar-refractivity contribution in [3.05, 3.63) is 29.8 Å². The van der Waals surface area contributed by atoms with Crippen LogP contribution in [-0.2, 0) is 16.1 Å². The minimum absolute atomic E-state index is 0.0199. The fourth-order valence-electron chi connectivity index (χ4n) is 3.88. The smallest absolute Gasteiger partial charge is 0.225 e. The van der Waals surface area contributed by atoms with E-state index >= 15 is 0 Å². The highest BCUT2D eigenvalue weighted by Crippen LogP contribution is 2.26. The van der Waals surface area contributed by atoms with Gasteiger partial charge in [0.25, 0.3) is 0 Å². The third-order valence-corrected chi connectivity index (χ3v) is 5.40. The Kier molecular flexibility index (Phi) is 5.54. The molecule has 5 heteroatoms. The highest BCUT2D eigenvalue weighted by molar-refractivity contribution is 5.89. The van der Waals surface area contributed by atoms with E-state index in [2.05, 4.69) is 34.5 Å². The molecule has 1 N–H and O–H groups in total. The standard InChI is InChI=1S/C21H31N3O2/c1-21(2,3)24-15-17(13-19(24)25)20(26)22-14-16-8-7-9-18(12-16)23-10-5-4-6-11-23/h7-9,12,17H,4-6,10-11,13-15H2,1-3H3,(H,22,26). The summed E-state index contributed by atoms with van der Waals surface area (Å²) < 4.78 is 0. The molecular weight excluding hydrogens is 326 g/mol. The zero-order valence-corrected chi connectivity index (χ0v) is 16.3. The van der Waals surface area contributed by atoms with Crippen LogP contribution in [0.5, 0.6) is 0 Å². The number of likely N-dealkylation sites (tertiary alicyclic amines) is 1. The molecule has 0 saturated carbocycles. The van der Waals surface area contributed by atoms with Crippen molar-refractivity contribution in [1.82, 2.24) is 10.2 Å². The molecule has 2 saturated heterocycles. The zero-order valence-electron chi connectivity index (χ0n) is 16.3. The number of hydrogen-bond donors (Lipinski definition) is 1. The molecule has 0 spiro atoms. The minimum Gasteiger partial charge on any atom is -0.372 e. The second kappa shape index (κ2) is 7.68. The molecule has 0 aliphatic carbocycles. The average Bonchev–Trinajstić information content (AvgIpc) is 3.03. The summed E-state index contributed by atoms with van der Waals surface area (Å²) in [6.45, 7) is 9.29. The van der Waals surface area contributed by atoms with Crippen LogP contribution < -0.4 is 10.2 Å². The summed E-state index contributed by atoms with van der Waals surface area (Å²) in [5, 5.41) is 3.03. The van der Waals surface area contributed by atoms with Gasteiger partial charge in [0, 0.05) is 43.8 Å². The molecule has 2 heterocycles. The molecule has 1 atom stereocenters. The largest absolute Gasteiger partial charge is 0.372 e. The Balaban J connectivity index is 1.56. The molecule has 2 fully saturated rings. The predicted molar refractivity (Wildman–Crippen MR) is 104 cm³/mol. The summed E-state index contributed by atoms with van der Waals surface area (Å²) in [5.41, 5.74) is 2.12. The highest BCUT2D eigenvalue weighted by atomic mass is 16.2. The molecule has 2 aliphatic heterocycles. The molecule has 0 bridgehead atoms. The number of hydrogen-bond acceptors (Lipinski definition) is 3. The van der Waals surface area contributed by atoms with E-state index in [0.29, 0.717) is 19.5 Å². The van der Waals surface area contributed by atoms with Crippen LogP contribution in [0.15, 0.2) is 24.3 Å². The Hall–Kier alpha value is -2.04. The molecule has 5 nitrogen and oxygen atoms in total. The number of carbonyl (C=O) groups is 2. The summed E-state index contributed by atoms with van der Waals surface area (Å²) in [6.07, 6.45) is 4.14. The van der Waals surface area contributed by atoms with Crippen molar-refractivity contribution in [2.45, 2.75) is 58.5 Å². The van der Waals surface area contributed by atoms with Gasteiger partial charge in [-0.2, -0.15) is 0 Å². The number of nitrogens with one attached hydrogen (secondary N) is 1. The fraction of sp³-hybridized carbons (Fsp3) is 0.619. The van der Waals surface area contributed by atoms with Gasteiger partial charge >= 0.3 is 0 Å². The van der Waals surface area contributed by atoms with E-state index < -0.39 is 0 Å². The molecule has 1 aromatic rings. The first-order valence-corrected chi connectivity index (χ1v) is 9.76. The lowest BCUT2D eigenvalue weighted by atomic mass is 10.1. The van der Waals surface area contributed by atoms with Crippen molar-refractivity contribution in [1.29, 1.82) is 0 Å². The van der Waals surface area contributed by atoms with Crippen LogP contribution in [0.2, 0.25) is 0 Å². The second-order valence-electron chi connectivity index (χ2n) is 8.51. The molecular formula is C21H31N3O2. The van der Waals surface area contributed by atoms with Gasteiger partial charge in [-0.1, -0.05) is 12.1 Å². The number of nitrogens with zero attached hydrogens (tertiary/aromatic N) is 2.